The molecule has 142 valence electrons. The Kier molecular flexibility index (Phi) is 8.35. The van der Waals surface area contributed by atoms with Crippen molar-refractivity contribution in [3.8, 4) is 0 Å². The first-order valence-corrected chi connectivity index (χ1v) is 8.36. The van der Waals surface area contributed by atoms with Crippen molar-refractivity contribution in [3.63, 3.8) is 0 Å². The largest absolute Gasteiger partial charge is 0.459 e. The molecule has 0 spiro atoms. The second kappa shape index (κ2) is 9.99. The monoisotopic (exact) mass is 379 g/mol. The van der Waals surface area contributed by atoms with Crippen LogP contribution in [0.1, 0.15) is 54.4 Å². The smallest absolute Gasteiger partial charge is 0.287 e. The van der Waals surface area contributed by atoms with Crippen LogP contribution in [0, 0.1) is 0 Å². The molecule has 2 aromatic rings. The summed E-state index contributed by atoms with van der Waals surface area (Å²) in [5, 5.41) is 5.34. The molecule has 0 saturated heterocycles. The molecule has 2 rings (SSSR count). The maximum atomic E-state index is 12.1. The Balaban J connectivity index is 0.00000338. The van der Waals surface area contributed by atoms with E-state index in [-0.39, 0.29) is 30.1 Å². The third-order valence-corrected chi connectivity index (χ3v) is 4.01. The number of nitrogens with one attached hydrogen (secondary N) is 2. The van der Waals surface area contributed by atoms with E-state index in [0.717, 1.165) is 5.56 Å². The van der Waals surface area contributed by atoms with E-state index in [9.17, 15) is 9.59 Å². The third-order valence-electron chi connectivity index (χ3n) is 4.01. The van der Waals surface area contributed by atoms with Gasteiger partial charge in [-0.3, -0.25) is 9.59 Å². The SMILES string of the molecule is CC(NC(=O)c1ccco1)C(=O)NCC(N)c1ccc(C(C)C)cc1.Cl. The molecule has 1 aromatic heterocycles. The summed E-state index contributed by atoms with van der Waals surface area (Å²) in [6.07, 6.45) is 1.41. The molecule has 0 fully saturated rings. The standard InChI is InChI=1S/C19H25N3O3.ClH/c1-12(2)14-6-8-15(9-7-14)16(20)11-21-18(23)13(3)22-19(24)17-5-4-10-25-17;/h4-10,12-13,16H,11,20H2,1-3H3,(H,21,23)(H,22,24);1H. The van der Waals surface area contributed by atoms with Crippen molar-refractivity contribution in [1.82, 2.24) is 10.6 Å². The number of rotatable bonds is 7. The van der Waals surface area contributed by atoms with E-state index in [0.29, 0.717) is 12.5 Å². The molecule has 0 aliphatic carbocycles. The molecule has 2 unspecified atom stereocenters. The van der Waals surface area contributed by atoms with E-state index in [2.05, 4.69) is 24.5 Å². The minimum atomic E-state index is -0.687. The lowest BCUT2D eigenvalue weighted by atomic mass is 9.99. The van der Waals surface area contributed by atoms with Crippen LogP contribution in [0.2, 0.25) is 0 Å². The van der Waals surface area contributed by atoms with Gasteiger partial charge in [0, 0.05) is 12.6 Å². The van der Waals surface area contributed by atoms with Crippen LogP contribution in [0.25, 0.3) is 0 Å². The molecule has 0 saturated carbocycles. The molecule has 7 heteroatoms. The molecule has 0 aliphatic rings. The van der Waals surface area contributed by atoms with E-state index in [1.54, 1.807) is 13.0 Å². The molecule has 2 atom stereocenters. The summed E-state index contributed by atoms with van der Waals surface area (Å²) in [7, 11) is 0. The van der Waals surface area contributed by atoms with E-state index in [4.69, 9.17) is 10.2 Å². The van der Waals surface area contributed by atoms with Crippen molar-refractivity contribution in [3.05, 3.63) is 59.5 Å². The van der Waals surface area contributed by atoms with E-state index in [1.807, 2.05) is 24.3 Å². The lowest BCUT2D eigenvalue weighted by Gasteiger charge is -2.17. The van der Waals surface area contributed by atoms with Crippen LogP contribution in [0.4, 0.5) is 0 Å². The number of furan rings is 1. The number of benzene rings is 1. The Labute approximate surface area is 159 Å². The molecule has 26 heavy (non-hydrogen) atoms. The summed E-state index contributed by atoms with van der Waals surface area (Å²) in [5.74, 6) is -0.0967. The predicted octanol–water partition coefficient (Wildman–Crippen LogP) is 2.76. The molecule has 1 aromatic carbocycles. The molecule has 4 N–H and O–H groups in total. The van der Waals surface area contributed by atoms with Crippen LogP contribution in [0.3, 0.4) is 0 Å². The quantitative estimate of drug-likeness (QED) is 0.689. The average Bonchev–Trinajstić information content (AvgIpc) is 3.14. The second-order valence-corrected chi connectivity index (χ2v) is 6.35. The highest BCUT2D eigenvalue weighted by molar-refractivity contribution is 5.95. The van der Waals surface area contributed by atoms with Crippen LogP contribution in [-0.2, 0) is 4.79 Å². The maximum Gasteiger partial charge on any atom is 0.287 e. The minimum absolute atomic E-state index is 0. The van der Waals surface area contributed by atoms with Gasteiger partial charge in [-0.05, 0) is 36.1 Å². The third kappa shape index (κ3) is 5.89. The Morgan fingerprint density at radius 2 is 1.69 bits per heavy atom. The topological polar surface area (TPSA) is 97.4 Å². The number of nitrogens with two attached hydrogens (primary N) is 1. The van der Waals surface area contributed by atoms with Gasteiger partial charge < -0.3 is 20.8 Å². The van der Waals surface area contributed by atoms with Crippen LogP contribution in [0.15, 0.2) is 47.1 Å². The molecule has 2 amide bonds. The molecular weight excluding hydrogens is 354 g/mol. The average molecular weight is 380 g/mol. The lowest BCUT2D eigenvalue weighted by molar-refractivity contribution is -0.122. The van der Waals surface area contributed by atoms with Crippen LogP contribution < -0.4 is 16.4 Å². The van der Waals surface area contributed by atoms with Gasteiger partial charge >= 0.3 is 0 Å². The number of hydrogen-bond donors (Lipinski definition) is 3. The zero-order chi connectivity index (χ0) is 18.4. The number of halogens is 1. The normalized spacial score (nSPS) is 12.8. The summed E-state index contributed by atoms with van der Waals surface area (Å²) >= 11 is 0. The Morgan fingerprint density at radius 1 is 1.08 bits per heavy atom. The van der Waals surface area contributed by atoms with Gasteiger partial charge in [0.25, 0.3) is 5.91 Å². The highest BCUT2D eigenvalue weighted by Gasteiger charge is 2.18. The van der Waals surface area contributed by atoms with E-state index in [1.165, 1.54) is 17.9 Å². The van der Waals surface area contributed by atoms with Crippen molar-refractivity contribution in [2.24, 2.45) is 5.73 Å². The van der Waals surface area contributed by atoms with Crippen LogP contribution in [0.5, 0.6) is 0 Å². The Hall–Kier alpha value is -2.31. The van der Waals surface area contributed by atoms with Gasteiger partial charge in [-0.2, -0.15) is 0 Å². The number of amides is 2. The zero-order valence-corrected chi connectivity index (χ0v) is 16.0. The van der Waals surface area contributed by atoms with Crippen LogP contribution in [-0.4, -0.2) is 24.4 Å². The molecular formula is C19H26ClN3O3. The van der Waals surface area contributed by atoms with E-state index >= 15 is 0 Å². The highest BCUT2D eigenvalue weighted by atomic mass is 35.5. The van der Waals surface area contributed by atoms with Gasteiger partial charge in [-0.15, -0.1) is 12.4 Å². The lowest BCUT2D eigenvalue weighted by Crippen LogP contribution is -2.46. The molecule has 1 heterocycles. The second-order valence-electron chi connectivity index (χ2n) is 6.35. The van der Waals surface area contributed by atoms with Crippen molar-refractivity contribution in [1.29, 1.82) is 0 Å². The highest BCUT2D eigenvalue weighted by Crippen LogP contribution is 2.17. The number of hydrogen-bond acceptors (Lipinski definition) is 4. The zero-order valence-electron chi connectivity index (χ0n) is 15.2. The first-order chi connectivity index (χ1) is 11.9. The fourth-order valence-corrected chi connectivity index (χ4v) is 2.35. The minimum Gasteiger partial charge on any atom is -0.459 e. The van der Waals surface area contributed by atoms with Crippen LogP contribution >= 0.6 is 12.4 Å². The summed E-state index contributed by atoms with van der Waals surface area (Å²) in [4.78, 5) is 24.0. The van der Waals surface area contributed by atoms with Gasteiger partial charge in [0.05, 0.1) is 6.26 Å². The van der Waals surface area contributed by atoms with Crippen molar-refractivity contribution in [2.75, 3.05) is 6.54 Å². The maximum absolute atomic E-state index is 12.1. The fourth-order valence-electron chi connectivity index (χ4n) is 2.35. The summed E-state index contributed by atoms with van der Waals surface area (Å²) in [6.45, 7) is 6.17. The molecule has 0 radical (unpaired) electrons. The van der Waals surface area contributed by atoms with Gasteiger partial charge in [0.2, 0.25) is 5.91 Å². The summed E-state index contributed by atoms with van der Waals surface area (Å²) in [6, 6.07) is 10.2. The van der Waals surface area contributed by atoms with Crippen molar-refractivity contribution in [2.45, 2.75) is 38.8 Å². The van der Waals surface area contributed by atoms with Gasteiger partial charge in [0.1, 0.15) is 6.04 Å². The Morgan fingerprint density at radius 3 is 2.23 bits per heavy atom. The van der Waals surface area contributed by atoms with Gasteiger partial charge in [0.15, 0.2) is 5.76 Å². The van der Waals surface area contributed by atoms with E-state index < -0.39 is 11.9 Å². The van der Waals surface area contributed by atoms with Crippen molar-refractivity contribution >= 4 is 24.2 Å². The first kappa shape index (κ1) is 21.7. The Bertz CT molecular complexity index is 699. The summed E-state index contributed by atoms with van der Waals surface area (Å²) < 4.78 is 4.99. The van der Waals surface area contributed by atoms with Crippen molar-refractivity contribution < 1.29 is 14.0 Å². The van der Waals surface area contributed by atoms with Gasteiger partial charge in [-0.25, -0.2) is 0 Å². The number of carbonyl (C=O) groups is 2. The molecule has 6 nitrogen and oxygen atoms in total. The summed E-state index contributed by atoms with van der Waals surface area (Å²) in [5.41, 5.74) is 8.33. The molecule has 0 bridgehead atoms. The number of carbonyl (C=O) groups excluding carboxylic acids is 2. The first-order valence-electron chi connectivity index (χ1n) is 8.36. The van der Waals surface area contributed by atoms with Gasteiger partial charge in [-0.1, -0.05) is 38.1 Å². The molecule has 0 aliphatic heterocycles. The predicted molar refractivity (Wildman–Crippen MR) is 103 cm³/mol. The fraction of sp³-hybridized carbons (Fsp3) is 0.368.